The number of nitrogens with zero attached hydrogens (tertiary/aromatic N) is 3. The highest BCUT2D eigenvalue weighted by Gasteiger charge is 2.53. The summed E-state index contributed by atoms with van der Waals surface area (Å²) < 4.78 is 7.17. The van der Waals surface area contributed by atoms with E-state index in [4.69, 9.17) is 10.5 Å². The fraction of sp³-hybridized carbons (Fsp3) is 0.636. The number of aliphatic hydroxyl groups is 3. The second-order valence-electron chi connectivity index (χ2n) is 5.04. The van der Waals surface area contributed by atoms with Gasteiger partial charge in [-0.25, -0.2) is 4.98 Å². The normalized spacial score (nSPS) is 39.6. The molecule has 0 aromatic carbocycles. The summed E-state index contributed by atoms with van der Waals surface area (Å²) in [4.78, 5) is 8.14. The van der Waals surface area contributed by atoms with Crippen molar-refractivity contribution in [3.8, 4) is 0 Å². The van der Waals surface area contributed by atoms with E-state index in [9.17, 15) is 15.3 Å². The van der Waals surface area contributed by atoms with Gasteiger partial charge in [0.25, 0.3) is 0 Å². The average molecular weight is 283 g/mol. The van der Waals surface area contributed by atoms with Crippen LogP contribution in [0.25, 0.3) is 0 Å². The lowest BCUT2D eigenvalue weighted by Crippen LogP contribution is -2.43. The Balaban J connectivity index is 2.02. The summed E-state index contributed by atoms with van der Waals surface area (Å²) >= 11 is 0. The Morgan fingerprint density at radius 2 is 2.30 bits per heavy atom. The van der Waals surface area contributed by atoms with Gasteiger partial charge in [-0.2, -0.15) is 0 Å². The lowest BCUT2D eigenvalue weighted by molar-refractivity contribution is -0.133. The Bertz CT molecular complexity index is 547. The molecule has 9 heteroatoms. The molecule has 1 aromatic heterocycles. The zero-order chi connectivity index (χ0) is 14.5. The zero-order valence-corrected chi connectivity index (χ0v) is 10.8. The number of hydrogen-bond acceptors (Lipinski definition) is 8. The summed E-state index contributed by atoms with van der Waals surface area (Å²) in [5.74, 6) is 0.542. The number of rotatable bonds is 2. The maximum absolute atomic E-state index is 10.2. The van der Waals surface area contributed by atoms with Gasteiger partial charge in [0.05, 0.1) is 19.3 Å². The standard InChI is InChI=1S/C11H17N5O4/c1-11(8(19)7(18)5(2-17)20-11)16-4-15-6-9(12)13-3-14-10(6)16/h3-5,7-9,17-19H,2,12H2,1H3,(H,13,14)/t5-,7?,8+,9?,11-/m1/s1. The number of aliphatic hydroxyl groups excluding tert-OH is 3. The van der Waals surface area contributed by atoms with E-state index >= 15 is 0 Å². The van der Waals surface area contributed by atoms with E-state index < -0.39 is 30.2 Å². The Hall–Kier alpha value is -1.52. The summed E-state index contributed by atoms with van der Waals surface area (Å²) in [6, 6.07) is 0. The van der Waals surface area contributed by atoms with Crippen molar-refractivity contribution in [1.29, 1.82) is 0 Å². The first-order valence-electron chi connectivity index (χ1n) is 6.25. The van der Waals surface area contributed by atoms with Crippen LogP contribution >= 0.6 is 0 Å². The molecule has 1 aromatic rings. The molecule has 6 N–H and O–H groups in total. The van der Waals surface area contributed by atoms with Crippen LogP contribution in [0, 0.1) is 0 Å². The minimum absolute atomic E-state index is 0.390. The first kappa shape index (κ1) is 13.5. The van der Waals surface area contributed by atoms with Gasteiger partial charge in [-0.15, -0.1) is 0 Å². The summed E-state index contributed by atoms with van der Waals surface area (Å²) in [6.45, 7) is 1.22. The molecule has 2 aliphatic heterocycles. The molecular formula is C11H17N5O4. The molecule has 0 amide bonds. The smallest absolute Gasteiger partial charge is 0.173 e. The summed E-state index contributed by atoms with van der Waals surface area (Å²) in [5, 5.41) is 32.2. The van der Waals surface area contributed by atoms with Crippen molar-refractivity contribution >= 4 is 12.2 Å². The van der Waals surface area contributed by atoms with Crippen LogP contribution in [0.3, 0.4) is 0 Å². The van der Waals surface area contributed by atoms with E-state index in [-0.39, 0.29) is 6.61 Å². The zero-order valence-electron chi connectivity index (χ0n) is 10.8. The van der Waals surface area contributed by atoms with Crippen molar-refractivity contribution in [2.75, 3.05) is 11.9 Å². The average Bonchev–Trinajstić information content (AvgIpc) is 2.96. The third kappa shape index (κ3) is 1.68. The van der Waals surface area contributed by atoms with Gasteiger partial charge in [0, 0.05) is 0 Å². The van der Waals surface area contributed by atoms with Crippen molar-refractivity contribution in [2.24, 2.45) is 10.7 Å². The molecular weight excluding hydrogens is 266 g/mol. The summed E-state index contributed by atoms with van der Waals surface area (Å²) in [7, 11) is 0. The second kappa shape index (κ2) is 4.50. The lowest BCUT2D eigenvalue weighted by atomic mass is 10.0. The predicted octanol–water partition coefficient (Wildman–Crippen LogP) is -1.92. The lowest BCUT2D eigenvalue weighted by Gasteiger charge is -2.31. The van der Waals surface area contributed by atoms with Crippen LogP contribution in [0.2, 0.25) is 0 Å². The summed E-state index contributed by atoms with van der Waals surface area (Å²) in [5.41, 5.74) is 5.07. The quantitative estimate of drug-likeness (QED) is 0.426. The molecule has 110 valence electrons. The largest absolute Gasteiger partial charge is 0.394 e. The van der Waals surface area contributed by atoms with Gasteiger partial charge >= 0.3 is 0 Å². The topological polar surface area (TPSA) is 138 Å². The van der Waals surface area contributed by atoms with Gasteiger partial charge in [0.15, 0.2) is 5.72 Å². The van der Waals surface area contributed by atoms with E-state index in [1.165, 1.54) is 12.7 Å². The molecule has 0 saturated carbocycles. The van der Waals surface area contributed by atoms with Crippen LogP contribution in [-0.4, -0.2) is 56.1 Å². The van der Waals surface area contributed by atoms with Crippen LogP contribution in [0.5, 0.6) is 0 Å². The molecule has 0 bridgehead atoms. The number of imidazole rings is 1. The van der Waals surface area contributed by atoms with Crippen LogP contribution in [-0.2, 0) is 10.5 Å². The molecule has 0 aliphatic carbocycles. The molecule has 1 fully saturated rings. The van der Waals surface area contributed by atoms with Crippen molar-refractivity contribution in [3.63, 3.8) is 0 Å². The number of anilines is 1. The molecule has 2 aliphatic rings. The highest BCUT2D eigenvalue weighted by Crippen LogP contribution is 2.39. The van der Waals surface area contributed by atoms with Crippen LogP contribution in [0.1, 0.15) is 18.8 Å². The Morgan fingerprint density at radius 1 is 1.55 bits per heavy atom. The first-order chi connectivity index (χ1) is 9.49. The van der Waals surface area contributed by atoms with E-state index in [0.29, 0.717) is 11.5 Å². The highest BCUT2D eigenvalue weighted by molar-refractivity contribution is 5.78. The van der Waals surface area contributed by atoms with Crippen LogP contribution < -0.4 is 11.1 Å². The molecule has 9 nitrogen and oxygen atoms in total. The fourth-order valence-corrected chi connectivity index (χ4v) is 2.62. The Labute approximate surface area is 114 Å². The molecule has 20 heavy (non-hydrogen) atoms. The van der Waals surface area contributed by atoms with Gasteiger partial charge < -0.3 is 31.1 Å². The first-order valence-corrected chi connectivity index (χ1v) is 6.25. The molecule has 2 unspecified atom stereocenters. The molecule has 1 saturated heterocycles. The van der Waals surface area contributed by atoms with Crippen molar-refractivity contribution in [2.45, 2.75) is 37.1 Å². The number of nitrogens with two attached hydrogens (primary N) is 1. The van der Waals surface area contributed by atoms with Gasteiger partial charge in [0.1, 0.15) is 36.0 Å². The third-order valence-corrected chi connectivity index (χ3v) is 3.81. The number of ether oxygens (including phenoxy) is 1. The van der Waals surface area contributed by atoms with Gasteiger partial charge in [-0.3, -0.25) is 9.56 Å². The SMILES string of the molecule is C[C@@]1(n2cnc3c2NC=NC3N)O[C@H](CO)C(O)[C@@H]1O. The van der Waals surface area contributed by atoms with E-state index in [0.717, 1.165) is 0 Å². The van der Waals surface area contributed by atoms with E-state index in [1.807, 2.05) is 0 Å². The molecule has 3 heterocycles. The number of aliphatic imine (C=N–C) groups is 1. The molecule has 0 radical (unpaired) electrons. The van der Waals surface area contributed by atoms with Crippen molar-refractivity contribution in [3.05, 3.63) is 12.0 Å². The molecule has 3 rings (SSSR count). The van der Waals surface area contributed by atoms with Gasteiger partial charge in [-0.1, -0.05) is 0 Å². The van der Waals surface area contributed by atoms with Crippen molar-refractivity contribution < 1.29 is 20.1 Å². The second-order valence-corrected chi connectivity index (χ2v) is 5.04. The van der Waals surface area contributed by atoms with Crippen molar-refractivity contribution in [1.82, 2.24) is 9.55 Å². The number of aromatic nitrogens is 2. The fourth-order valence-electron chi connectivity index (χ4n) is 2.62. The van der Waals surface area contributed by atoms with Crippen LogP contribution in [0.15, 0.2) is 11.3 Å². The summed E-state index contributed by atoms with van der Waals surface area (Å²) in [6.07, 6.45) is -0.950. The molecule has 0 spiro atoms. The van der Waals surface area contributed by atoms with E-state index in [1.54, 1.807) is 11.5 Å². The third-order valence-electron chi connectivity index (χ3n) is 3.81. The van der Waals surface area contributed by atoms with E-state index in [2.05, 4.69) is 15.3 Å². The molecule has 5 atom stereocenters. The number of fused-ring (bicyclic) bond motifs is 1. The van der Waals surface area contributed by atoms with Gasteiger partial charge in [-0.05, 0) is 6.92 Å². The predicted molar refractivity (Wildman–Crippen MR) is 68.9 cm³/mol. The minimum Gasteiger partial charge on any atom is -0.394 e. The Morgan fingerprint density at radius 3 is 2.95 bits per heavy atom. The maximum Gasteiger partial charge on any atom is 0.173 e. The monoisotopic (exact) mass is 283 g/mol. The number of hydrogen-bond donors (Lipinski definition) is 5. The minimum atomic E-state index is -1.26. The van der Waals surface area contributed by atoms with Crippen LogP contribution in [0.4, 0.5) is 5.82 Å². The highest BCUT2D eigenvalue weighted by atomic mass is 16.6. The Kier molecular flexibility index (Phi) is 3.03. The van der Waals surface area contributed by atoms with Gasteiger partial charge in [0.2, 0.25) is 0 Å². The maximum atomic E-state index is 10.2. The number of nitrogens with one attached hydrogen (secondary N) is 1.